The van der Waals surface area contributed by atoms with E-state index >= 15 is 0 Å². The molecule has 0 aliphatic carbocycles. The zero-order valence-electron chi connectivity index (χ0n) is 15.9. The smallest absolute Gasteiger partial charge is 0.257 e. The van der Waals surface area contributed by atoms with Gasteiger partial charge in [-0.15, -0.1) is 0 Å². The summed E-state index contributed by atoms with van der Waals surface area (Å²) in [5, 5.41) is 2.97. The Balaban J connectivity index is 1.67. The summed E-state index contributed by atoms with van der Waals surface area (Å²) >= 11 is 0. The summed E-state index contributed by atoms with van der Waals surface area (Å²) in [6.07, 6.45) is 7.88. The van der Waals surface area contributed by atoms with Crippen LogP contribution in [0.15, 0.2) is 61.2 Å². The normalized spacial score (nSPS) is 10.5. The van der Waals surface area contributed by atoms with Gasteiger partial charge in [-0.2, -0.15) is 0 Å². The second-order valence-corrected chi connectivity index (χ2v) is 6.73. The maximum Gasteiger partial charge on any atom is 0.257 e. The first-order valence-electron chi connectivity index (χ1n) is 8.96. The maximum atomic E-state index is 12.6. The molecule has 5 nitrogen and oxygen atoms in total. The second-order valence-electron chi connectivity index (χ2n) is 6.73. The number of nitrogens with one attached hydrogen (secondary N) is 1. The molecule has 5 heteroatoms. The number of rotatable bonds is 6. The molecule has 0 atom stereocenters. The minimum atomic E-state index is -0.154. The number of hydrogen-bond donors (Lipinski definition) is 1. The third-order valence-electron chi connectivity index (χ3n) is 4.54. The quantitative estimate of drug-likeness (QED) is 0.721. The summed E-state index contributed by atoms with van der Waals surface area (Å²) in [5.41, 5.74) is 5.73. The Hall–Kier alpha value is -3.21. The lowest BCUT2D eigenvalue weighted by Gasteiger charge is -2.19. The van der Waals surface area contributed by atoms with Gasteiger partial charge in [-0.1, -0.05) is 17.7 Å². The Morgan fingerprint density at radius 2 is 1.81 bits per heavy atom. The molecule has 0 aliphatic heterocycles. The molecular formula is C22H24N4O. The Labute approximate surface area is 160 Å². The first-order chi connectivity index (χ1) is 13.0. The molecule has 2 aromatic heterocycles. The van der Waals surface area contributed by atoms with E-state index in [1.54, 1.807) is 24.8 Å². The van der Waals surface area contributed by atoms with Crippen LogP contribution in [0.2, 0.25) is 0 Å². The summed E-state index contributed by atoms with van der Waals surface area (Å²) < 4.78 is 0. The molecule has 0 bridgehead atoms. The number of carbonyl (C=O) groups excluding carboxylic acids is 1. The van der Waals surface area contributed by atoms with E-state index in [-0.39, 0.29) is 5.91 Å². The number of pyridine rings is 2. The summed E-state index contributed by atoms with van der Waals surface area (Å²) in [7, 11) is 2.00. The fraction of sp³-hybridized carbons (Fsp3) is 0.227. The van der Waals surface area contributed by atoms with Crippen molar-refractivity contribution in [2.75, 3.05) is 23.8 Å². The molecule has 0 saturated carbocycles. The van der Waals surface area contributed by atoms with Crippen LogP contribution >= 0.6 is 0 Å². The van der Waals surface area contributed by atoms with Crippen LogP contribution in [-0.4, -0.2) is 29.5 Å². The van der Waals surface area contributed by atoms with E-state index < -0.39 is 0 Å². The van der Waals surface area contributed by atoms with E-state index in [2.05, 4.69) is 26.3 Å². The predicted octanol–water partition coefficient (Wildman–Crippen LogP) is 4.02. The SMILES string of the molecule is Cc1ccc(NC(=O)c2cncc(N(C)CCc3ccncc3)c2)c(C)c1. The van der Waals surface area contributed by atoms with Gasteiger partial charge in [0.1, 0.15) is 0 Å². The molecule has 0 fully saturated rings. The number of carbonyl (C=O) groups is 1. The zero-order valence-corrected chi connectivity index (χ0v) is 15.9. The Kier molecular flexibility index (Phi) is 5.81. The van der Waals surface area contributed by atoms with Gasteiger partial charge in [-0.05, 0) is 55.7 Å². The van der Waals surface area contributed by atoms with Crippen LogP contribution in [0.25, 0.3) is 0 Å². The predicted molar refractivity (Wildman–Crippen MR) is 109 cm³/mol. The monoisotopic (exact) mass is 360 g/mol. The third kappa shape index (κ3) is 4.91. The lowest BCUT2D eigenvalue weighted by molar-refractivity contribution is 0.102. The standard InChI is InChI=1S/C22H24N4O/c1-16-4-5-21(17(2)12-16)25-22(27)19-13-20(15-24-14-19)26(3)11-8-18-6-9-23-10-7-18/h4-7,9-10,12-15H,8,11H2,1-3H3,(H,25,27). The minimum absolute atomic E-state index is 0.154. The van der Waals surface area contributed by atoms with Crippen molar-refractivity contribution in [2.24, 2.45) is 0 Å². The Morgan fingerprint density at radius 3 is 2.56 bits per heavy atom. The Morgan fingerprint density at radius 1 is 1.04 bits per heavy atom. The van der Waals surface area contributed by atoms with Gasteiger partial charge in [-0.3, -0.25) is 14.8 Å². The van der Waals surface area contributed by atoms with E-state index in [1.165, 1.54) is 11.1 Å². The second kappa shape index (κ2) is 8.45. The fourth-order valence-electron chi connectivity index (χ4n) is 2.88. The number of aromatic nitrogens is 2. The van der Waals surface area contributed by atoms with Gasteiger partial charge in [0.2, 0.25) is 0 Å². The molecule has 1 aromatic carbocycles. The van der Waals surface area contributed by atoms with Crippen molar-refractivity contribution in [3.8, 4) is 0 Å². The van der Waals surface area contributed by atoms with Crippen LogP contribution in [-0.2, 0) is 6.42 Å². The van der Waals surface area contributed by atoms with Crippen molar-refractivity contribution in [1.82, 2.24) is 9.97 Å². The molecule has 3 rings (SSSR count). The van der Waals surface area contributed by atoms with Gasteiger partial charge in [-0.25, -0.2) is 0 Å². The van der Waals surface area contributed by atoms with Gasteiger partial charge < -0.3 is 10.2 Å². The average Bonchev–Trinajstić information content (AvgIpc) is 2.69. The first-order valence-corrected chi connectivity index (χ1v) is 8.96. The highest BCUT2D eigenvalue weighted by molar-refractivity contribution is 6.04. The van der Waals surface area contributed by atoms with Crippen LogP contribution in [0.5, 0.6) is 0 Å². The van der Waals surface area contributed by atoms with E-state index in [9.17, 15) is 4.79 Å². The van der Waals surface area contributed by atoms with E-state index in [0.717, 1.165) is 29.9 Å². The highest BCUT2D eigenvalue weighted by Gasteiger charge is 2.11. The van der Waals surface area contributed by atoms with E-state index in [0.29, 0.717) is 5.56 Å². The van der Waals surface area contributed by atoms with Crippen molar-refractivity contribution < 1.29 is 4.79 Å². The molecule has 0 aliphatic rings. The molecule has 27 heavy (non-hydrogen) atoms. The molecule has 0 unspecified atom stereocenters. The largest absolute Gasteiger partial charge is 0.373 e. The molecule has 138 valence electrons. The summed E-state index contributed by atoms with van der Waals surface area (Å²) in [5.74, 6) is -0.154. The highest BCUT2D eigenvalue weighted by Crippen LogP contribution is 2.19. The topological polar surface area (TPSA) is 58.1 Å². The number of nitrogens with zero attached hydrogens (tertiary/aromatic N) is 3. The summed E-state index contributed by atoms with van der Waals surface area (Å²) in [6.45, 7) is 4.85. The van der Waals surface area contributed by atoms with Crippen molar-refractivity contribution in [2.45, 2.75) is 20.3 Å². The van der Waals surface area contributed by atoms with Gasteiger partial charge >= 0.3 is 0 Å². The molecule has 1 amide bonds. The highest BCUT2D eigenvalue weighted by atomic mass is 16.1. The third-order valence-corrected chi connectivity index (χ3v) is 4.54. The molecule has 1 N–H and O–H groups in total. The molecule has 0 spiro atoms. The molecule has 3 aromatic rings. The van der Waals surface area contributed by atoms with Crippen LogP contribution < -0.4 is 10.2 Å². The molecule has 0 saturated heterocycles. The number of anilines is 2. The number of aryl methyl sites for hydroxylation is 2. The lowest BCUT2D eigenvalue weighted by atomic mass is 10.1. The van der Waals surface area contributed by atoms with Gasteiger partial charge in [0.25, 0.3) is 5.91 Å². The van der Waals surface area contributed by atoms with Crippen LogP contribution in [0.3, 0.4) is 0 Å². The van der Waals surface area contributed by atoms with Crippen LogP contribution in [0.4, 0.5) is 11.4 Å². The summed E-state index contributed by atoms with van der Waals surface area (Å²) in [4.78, 5) is 23.0. The molecule has 2 heterocycles. The number of amides is 1. The van der Waals surface area contributed by atoms with Gasteiger partial charge in [0, 0.05) is 37.9 Å². The van der Waals surface area contributed by atoms with Crippen molar-refractivity contribution in [3.63, 3.8) is 0 Å². The van der Waals surface area contributed by atoms with Gasteiger partial charge in [0.05, 0.1) is 17.4 Å². The van der Waals surface area contributed by atoms with Crippen molar-refractivity contribution in [3.05, 3.63) is 83.4 Å². The minimum Gasteiger partial charge on any atom is -0.373 e. The van der Waals surface area contributed by atoms with E-state index in [1.807, 2.05) is 51.2 Å². The Bertz CT molecular complexity index is 925. The molecule has 0 radical (unpaired) electrons. The molecular weight excluding hydrogens is 336 g/mol. The van der Waals surface area contributed by atoms with Crippen molar-refractivity contribution in [1.29, 1.82) is 0 Å². The maximum absolute atomic E-state index is 12.6. The van der Waals surface area contributed by atoms with E-state index in [4.69, 9.17) is 0 Å². The summed E-state index contributed by atoms with van der Waals surface area (Å²) in [6, 6.07) is 11.9. The first kappa shape index (κ1) is 18.6. The van der Waals surface area contributed by atoms with Crippen LogP contribution in [0.1, 0.15) is 27.0 Å². The van der Waals surface area contributed by atoms with Crippen molar-refractivity contribution >= 4 is 17.3 Å². The average molecular weight is 360 g/mol. The lowest BCUT2D eigenvalue weighted by Crippen LogP contribution is -2.21. The fourth-order valence-corrected chi connectivity index (χ4v) is 2.88. The number of hydrogen-bond acceptors (Lipinski definition) is 4. The zero-order chi connectivity index (χ0) is 19.2. The van der Waals surface area contributed by atoms with Crippen LogP contribution in [0, 0.1) is 13.8 Å². The van der Waals surface area contributed by atoms with Gasteiger partial charge in [0.15, 0.2) is 0 Å². The number of benzene rings is 1. The number of likely N-dealkylation sites (N-methyl/N-ethyl adjacent to an activating group) is 1.